The maximum Gasteiger partial charge on any atom is 0.141 e. The van der Waals surface area contributed by atoms with Crippen LogP contribution in [0.15, 0.2) is 71.0 Å². The molecule has 3 N–H and O–H groups in total. The van der Waals surface area contributed by atoms with Crippen molar-refractivity contribution >= 4 is 22.9 Å². The van der Waals surface area contributed by atoms with E-state index >= 15 is 0 Å². The van der Waals surface area contributed by atoms with Crippen molar-refractivity contribution in [3.63, 3.8) is 0 Å². The summed E-state index contributed by atoms with van der Waals surface area (Å²) in [7, 11) is 0. The molecule has 25 heavy (non-hydrogen) atoms. The van der Waals surface area contributed by atoms with Crippen molar-refractivity contribution in [2.45, 2.75) is 13.0 Å². The number of hydrogen-bond acceptors (Lipinski definition) is 3. The number of rotatable bonds is 7. The van der Waals surface area contributed by atoms with Crippen molar-refractivity contribution in [2.75, 3.05) is 6.54 Å². The Hall–Kier alpha value is -2.50. The number of aliphatic imine (C=N–C) groups is 1. The summed E-state index contributed by atoms with van der Waals surface area (Å²) in [4.78, 5) is 5.46. The number of hydrogen-bond donors (Lipinski definition) is 2. The van der Waals surface area contributed by atoms with Crippen LogP contribution in [-0.2, 0) is 13.0 Å². The highest BCUT2D eigenvalue weighted by Gasteiger charge is 2.01. The van der Waals surface area contributed by atoms with Gasteiger partial charge < -0.3 is 11.1 Å². The van der Waals surface area contributed by atoms with E-state index in [1.807, 2.05) is 41.8 Å². The fourth-order valence-corrected chi connectivity index (χ4v) is 3.14. The van der Waals surface area contributed by atoms with Gasteiger partial charge in [-0.25, -0.2) is 9.38 Å². The molecule has 1 aromatic heterocycles. The second kappa shape index (κ2) is 8.55. The fourth-order valence-electron chi connectivity index (χ4n) is 2.51. The zero-order valence-electron chi connectivity index (χ0n) is 13.8. The third-order valence-electron chi connectivity index (χ3n) is 3.74. The molecule has 3 aromatic rings. The zero-order chi connectivity index (χ0) is 17.5. The number of nitrogens with one attached hydrogen (secondary N) is 1. The number of amidine groups is 1. The minimum Gasteiger partial charge on any atom is -0.383 e. The van der Waals surface area contributed by atoms with Crippen molar-refractivity contribution in [1.29, 1.82) is 0 Å². The first-order chi connectivity index (χ1) is 12.2. The van der Waals surface area contributed by atoms with Gasteiger partial charge in [0.15, 0.2) is 0 Å². The highest BCUT2D eigenvalue weighted by molar-refractivity contribution is 7.12. The molecular weight excluding hydrogens is 333 g/mol. The third-order valence-corrected chi connectivity index (χ3v) is 4.63. The van der Waals surface area contributed by atoms with Crippen molar-refractivity contribution in [3.8, 4) is 0 Å². The van der Waals surface area contributed by atoms with Gasteiger partial charge >= 0.3 is 0 Å². The molecule has 0 amide bonds. The minimum absolute atomic E-state index is 0.201. The summed E-state index contributed by atoms with van der Waals surface area (Å²) < 4.78 is 13.1. The lowest BCUT2D eigenvalue weighted by Crippen LogP contribution is -2.16. The van der Waals surface area contributed by atoms with Crippen molar-refractivity contribution in [3.05, 3.63) is 87.9 Å². The van der Waals surface area contributed by atoms with Gasteiger partial charge in [0, 0.05) is 6.54 Å². The lowest BCUT2D eigenvalue weighted by Gasteiger charge is -2.06. The molecule has 0 aliphatic heterocycles. The van der Waals surface area contributed by atoms with Gasteiger partial charge in [-0.2, -0.15) is 0 Å². The van der Waals surface area contributed by atoms with Crippen LogP contribution in [0.3, 0.4) is 0 Å². The van der Waals surface area contributed by atoms with Gasteiger partial charge in [0.1, 0.15) is 11.7 Å². The summed E-state index contributed by atoms with van der Waals surface area (Å²) in [6.07, 6.45) is 0.873. The maximum absolute atomic E-state index is 13.1. The predicted octanol–water partition coefficient (Wildman–Crippen LogP) is 4.26. The normalized spacial score (nSPS) is 11.6. The summed E-state index contributed by atoms with van der Waals surface area (Å²) in [5.41, 5.74) is 9.03. The number of halogens is 1. The average molecular weight is 353 g/mol. The number of benzene rings is 2. The van der Waals surface area contributed by atoms with Gasteiger partial charge in [-0.15, -0.1) is 11.3 Å². The highest BCUT2D eigenvalue weighted by Crippen LogP contribution is 2.17. The Labute approximate surface area is 151 Å². The molecule has 0 aliphatic carbocycles. The molecule has 0 radical (unpaired) electrons. The molecule has 0 spiro atoms. The van der Waals surface area contributed by atoms with Gasteiger partial charge in [-0.05, 0) is 59.8 Å². The smallest absolute Gasteiger partial charge is 0.141 e. The fraction of sp³-hybridized carbons (Fsp3) is 0.150. The van der Waals surface area contributed by atoms with E-state index in [9.17, 15) is 4.39 Å². The molecular formula is C20H20FN3S. The molecule has 0 saturated carbocycles. The first-order valence-corrected chi connectivity index (χ1v) is 9.01. The second-order valence-electron chi connectivity index (χ2n) is 5.70. The Kier molecular flexibility index (Phi) is 5.93. The molecule has 3 nitrogen and oxygen atoms in total. The van der Waals surface area contributed by atoms with E-state index in [0.29, 0.717) is 12.4 Å². The lowest BCUT2D eigenvalue weighted by molar-refractivity contribution is 0.620. The molecule has 0 aliphatic rings. The SMILES string of the molecule is NC(=Nc1cccc(CCNCc2cccc(F)c2)c1)c1cccs1. The molecule has 3 rings (SSSR count). The van der Waals surface area contributed by atoms with Gasteiger partial charge in [0.05, 0.1) is 10.6 Å². The monoisotopic (exact) mass is 353 g/mol. The average Bonchev–Trinajstić information content (AvgIpc) is 3.14. The van der Waals surface area contributed by atoms with Crippen LogP contribution in [0.2, 0.25) is 0 Å². The molecule has 0 fully saturated rings. The Morgan fingerprint density at radius 2 is 1.88 bits per heavy atom. The molecule has 0 unspecified atom stereocenters. The van der Waals surface area contributed by atoms with E-state index in [2.05, 4.69) is 16.4 Å². The van der Waals surface area contributed by atoms with Crippen molar-refractivity contribution in [1.82, 2.24) is 5.32 Å². The first kappa shape index (κ1) is 17.3. The Morgan fingerprint density at radius 3 is 2.68 bits per heavy atom. The minimum atomic E-state index is -0.201. The number of nitrogens with zero attached hydrogens (tertiary/aromatic N) is 1. The van der Waals surface area contributed by atoms with E-state index < -0.39 is 0 Å². The topological polar surface area (TPSA) is 50.4 Å². The highest BCUT2D eigenvalue weighted by atomic mass is 32.1. The van der Waals surface area contributed by atoms with E-state index in [1.54, 1.807) is 23.5 Å². The maximum atomic E-state index is 13.1. The predicted molar refractivity (Wildman–Crippen MR) is 103 cm³/mol. The molecule has 5 heteroatoms. The van der Waals surface area contributed by atoms with Crippen LogP contribution in [0.4, 0.5) is 10.1 Å². The number of nitrogens with two attached hydrogens (primary N) is 1. The summed E-state index contributed by atoms with van der Waals surface area (Å²) in [5, 5.41) is 5.32. The van der Waals surface area contributed by atoms with Crippen LogP contribution >= 0.6 is 11.3 Å². The van der Waals surface area contributed by atoms with Gasteiger partial charge in [-0.1, -0.05) is 30.3 Å². The summed E-state index contributed by atoms with van der Waals surface area (Å²) in [5.74, 6) is 0.338. The third kappa shape index (κ3) is 5.24. The molecule has 0 atom stereocenters. The van der Waals surface area contributed by atoms with E-state index in [1.165, 1.54) is 11.6 Å². The standard InChI is InChI=1S/C20H20FN3S/c21-17-6-1-5-16(12-17)14-23-10-9-15-4-2-7-18(13-15)24-20(22)19-8-3-11-25-19/h1-8,11-13,23H,9-10,14H2,(H2,22,24). The Bertz CT molecular complexity index is 844. The van der Waals surface area contributed by atoms with E-state index in [-0.39, 0.29) is 5.82 Å². The van der Waals surface area contributed by atoms with Crippen molar-refractivity contribution < 1.29 is 4.39 Å². The van der Waals surface area contributed by atoms with Crippen LogP contribution in [0.25, 0.3) is 0 Å². The van der Waals surface area contributed by atoms with E-state index in [0.717, 1.165) is 29.1 Å². The van der Waals surface area contributed by atoms with Crippen LogP contribution in [0.5, 0.6) is 0 Å². The molecule has 1 heterocycles. The molecule has 0 saturated heterocycles. The Morgan fingerprint density at radius 1 is 1.04 bits per heavy atom. The van der Waals surface area contributed by atoms with E-state index in [4.69, 9.17) is 5.73 Å². The Balaban J connectivity index is 1.54. The van der Waals surface area contributed by atoms with Crippen LogP contribution < -0.4 is 11.1 Å². The lowest BCUT2D eigenvalue weighted by atomic mass is 10.1. The van der Waals surface area contributed by atoms with Crippen LogP contribution in [0, 0.1) is 5.82 Å². The number of thiophene rings is 1. The zero-order valence-corrected chi connectivity index (χ0v) is 14.6. The molecule has 0 bridgehead atoms. The summed E-state index contributed by atoms with van der Waals surface area (Å²) in [6, 6.07) is 18.6. The van der Waals surface area contributed by atoms with Gasteiger partial charge in [-0.3, -0.25) is 0 Å². The van der Waals surface area contributed by atoms with Crippen molar-refractivity contribution in [2.24, 2.45) is 10.7 Å². The van der Waals surface area contributed by atoms with Gasteiger partial charge in [0.25, 0.3) is 0 Å². The molecule has 2 aromatic carbocycles. The largest absolute Gasteiger partial charge is 0.383 e. The molecule has 128 valence electrons. The summed E-state index contributed by atoms with van der Waals surface area (Å²) in [6.45, 7) is 1.46. The first-order valence-electron chi connectivity index (χ1n) is 8.13. The van der Waals surface area contributed by atoms with Crippen LogP contribution in [0.1, 0.15) is 16.0 Å². The summed E-state index contributed by atoms with van der Waals surface area (Å²) >= 11 is 1.58. The second-order valence-corrected chi connectivity index (χ2v) is 6.65. The van der Waals surface area contributed by atoms with Gasteiger partial charge in [0.2, 0.25) is 0 Å². The quantitative estimate of drug-likeness (QED) is 0.379. The van der Waals surface area contributed by atoms with Crippen LogP contribution in [-0.4, -0.2) is 12.4 Å².